The first-order valence-corrected chi connectivity index (χ1v) is 7.77. The lowest BCUT2D eigenvalue weighted by atomic mass is 9.94. The van der Waals surface area contributed by atoms with Crippen LogP contribution in [0.25, 0.3) is 10.9 Å². The number of hydrogen-bond donors (Lipinski definition) is 1. The van der Waals surface area contributed by atoms with Gasteiger partial charge in [-0.25, -0.2) is 9.18 Å². The van der Waals surface area contributed by atoms with Crippen LogP contribution in [0.5, 0.6) is 0 Å². The van der Waals surface area contributed by atoms with Gasteiger partial charge in [-0.3, -0.25) is 9.59 Å². The van der Waals surface area contributed by atoms with Crippen LogP contribution in [-0.2, 0) is 16.0 Å². The highest BCUT2D eigenvalue weighted by atomic mass is 19.1. The van der Waals surface area contributed by atoms with Crippen LogP contribution in [0.3, 0.4) is 0 Å². The molecule has 0 fully saturated rings. The number of anilines is 1. The number of carbonyl (C=O) groups is 2. The van der Waals surface area contributed by atoms with Crippen molar-refractivity contribution >= 4 is 29.0 Å². The molecule has 0 radical (unpaired) electrons. The number of nitrogens with zero attached hydrogens (tertiary/aromatic N) is 1. The van der Waals surface area contributed by atoms with Crippen LogP contribution >= 0.6 is 0 Å². The van der Waals surface area contributed by atoms with Gasteiger partial charge in [0.25, 0.3) is 0 Å². The zero-order chi connectivity index (χ0) is 17.4. The molecule has 1 aliphatic rings. The first-order chi connectivity index (χ1) is 11.5. The van der Waals surface area contributed by atoms with Crippen LogP contribution in [0.4, 0.5) is 10.1 Å². The van der Waals surface area contributed by atoms with Crippen LogP contribution in [0.2, 0.25) is 0 Å². The fourth-order valence-corrected chi connectivity index (χ4v) is 3.22. The molecule has 2 heterocycles. The third-order valence-electron chi connectivity index (χ3n) is 4.35. The number of hydrogen-bond acceptors (Lipinski definition) is 4. The second kappa shape index (κ2) is 6.07. The van der Waals surface area contributed by atoms with Crippen molar-refractivity contribution in [1.82, 2.24) is 4.57 Å². The summed E-state index contributed by atoms with van der Waals surface area (Å²) >= 11 is 0. The van der Waals surface area contributed by atoms with Crippen molar-refractivity contribution in [2.24, 2.45) is 0 Å². The Balaban J connectivity index is 2.40. The predicted molar refractivity (Wildman–Crippen MR) is 86.8 cm³/mol. The van der Waals surface area contributed by atoms with E-state index in [1.165, 1.54) is 6.20 Å². The first kappa shape index (κ1) is 16.2. The lowest BCUT2D eigenvalue weighted by molar-refractivity contribution is -0.105. The van der Waals surface area contributed by atoms with E-state index in [-0.39, 0.29) is 29.3 Å². The maximum Gasteiger partial charge on any atom is 0.343 e. The summed E-state index contributed by atoms with van der Waals surface area (Å²) < 4.78 is 21.1. The summed E-state index contributed by atoms with van der Waals surface area (Å²) in [5.74, 6) is -1.41. The Hall–Kier alpha value is -2.70. The molecule has 1 aliphatic heterocycles. The molecule has 1 amide bonds. The molecule has 1 N–H and O–H groups in total. The van der Waals surface area contributed by atoms with E-state index in [1.54, 1.807) is 11.5 Å². The van der Waals surface area contributed by atoms with Crippen molar-refractivity contribution < 1.29 is 18.7 Å². The zero-order valence-corrected chi connectivity index (χ0v) is 13.4. The summed E-state index contributed by atoms with van der Waals surface area (Å²) in [6.07, 6.45) is 3.11. The number of ether oxygens (including phenoxy) is 1. The number of benzene rings is 1. The molecule has 0 spiro atoms. The number of aryl methyl sites for hydroxylation is 1. The summed E-state index contributed by atoms with van der Waals surface area (Å²) in [6, 6.07) is 1.10. The summed E-state index contributed by atoms with van der Waals surface area (Å²) in [5, 5.41) is 2.50. The maximum atomic E-state index is 14.4. The van der Waals surface area contributed by atoms with Gasteiger partial charge in [0, 0.05) is 23.2 Å². The third kappa shape index (κ3) is 2.36. The SMILES string of the molecule is CCOC(=O)c1cn2c3c(c(NC=O)c(F)cc3c1=O)CCC2C. The summed E-state index contributed by atoms with van der Waals surface area (Å²) in [6.45, 7) is 3.75. The molecule has 6 nitrogen and oxygen atoms in total. The van der Waals surface area contributed by atoms with Crippen LogP contribution in [-0.4, -0.2) is 23.6 Å². The molecule has 1 atom stereocenters. The lowest BCUT2D eigenvalue weighted by Gasteiger charge is -2.28. The van der Waals surface area contributed by atoms with Crippen LogP contribution in [0.15, 0.2) is 17.1 Å². The van der Waals surface area contributed by atoms with Gasteiger partial charge in [0.2, 0.25) is 11.8 Å². The van der Waals surface area contributed by atoms with E-state index < -0.39 is 17.2 Å². The topological polar surface area (TPSA) is 77.4 Å². The zero-order valence-electron chi connectivity index (χ0n) is 13.4. The molecule has 1 aromatic heterocycles. The molecular formula is C17H17FN2O4. The van der Waals surface area contributed by atoms with Gasteiger partial charge in [0.15, 0.2) is 0 Å². The fourth-order valence-electron chi connectivity index (χ4n) is 3.22. The Morgan fingerprint density at radius 3 is 2.96 bits per heavy atom. The highest BCUT2D eigenvalue weighted by Crippen LogP contribution is 2.36. The Bertz CT molecular complexity index is 904. The van der Waals surface area contributed by atoms with E-state index in [0.29, 0.717) is 30.3 Å². The summed E-state index contributed by atoms with van der Waals surface area (Å²) in [5.41, 5.74) is 0.535. The Morgan fingerprint density at radius 1 is 1.54 bits per heavy atom. The van der Waals surface area contributed by atoms with Gasteiger partial charge in [-0.05, 0) is 32.8 Å². The van der Waals surface area contributed by atoms with Crippen molar-refractivity contribution in [1.29, 1.82) is 0 Å². The van der Waals surface area contributed by atoms with E-state index in [2.05, 4.69) is 5.32 Å². The van der Waals surface area contributed by atoms with Crippen molar-refractivity contribution in [2.75, 3.05) is 11.9 Å². The van der Waals surface area contributed by atoms with Gasteiger partial charge < -0.3 is 14.6 Å². The average molecular weight is 332 g/mol. The third-order valence-corrected chi connectivity index (χ3v) is 4.35. The molecule has 0 saturated carbocycles. The predicted octanol–water partition coefficient (Wildman–Crippen LogP) is 2.39. The smallest absolute Gasteiger partial charge is 0.343 e. The number of aromatic nitrogens is 1. The molecule has 1 aromatic carbocycles. The molecule has 3 rings (SSSR count). The number of esters is 1. The molecular weight excluding hydrogens is 315 g/mol. The number of nitrogens with one attached hydrogen (secondary N) is 1. The number of halogens is 1. The van der Waals surface area contributed by atoms with Gasteiger partial charge in [-0.1, -0.05) is 0 Å². The van der Waals surface area contributed by atoms with Crippen LogP contribution in [0.1, 0.15) is 42.2 Å². The largest absolute Gasteiger partial charge is 0.462 e. The number of rotatable bonds is 4. The van der Waals surface area contributed by atoms with E-state index in [9.17, 15) is 18.8 Å². The molecule has 0 bridgehead atoms. The van der Waals surface area contributed by atoms with E-state index in [4.69, 9.17) is 4.74 Å². The number of amides is 1. The van der Waals surface area contributed by atoms with Gasteiger partial charge in [-0.15, -0.1) is 0 Å². The first-order valence-electron chi connectivity index (χ1n) is 7.77. The van der Waals surface area contributed by atoms with Crippen molar-refractivity contribution in [2.45, 2.75) is 32.7 Å². The van der Waals surface area contributed by atoms with Crippen molar-refractivity contribution in [3.8, 4) is 0 Å². The Morgan fingerprint density at radius 2 is 2.29 bits per heavy atom. The van der Waals surface area contributed by atoms with E-state index in [1.807, 2.05) is 6.92 Å². The molecule has 2 aromatic rings. The normalized spacial score (nSPS) is 16.0. The minimum atomic E-state index is -0.719. The average Bonchev–Trinajstić information content (AvgIpc) is 2.55. The quantitative estimate of drug-likeness (QED) is 0.689. The van der Waals surface area contributed by atoms with Crippen molar-refractivity contribution in [3.63, 3.8) is 0 Å². The minimum absolute atomic E-state index is 0.0309. The standard InChI is InChI=1S/C17H17FN2O4/c1-3-24-17(23)12-7-20-9(2)4-5-10-14(19-8-21)13(18)6-11(15(10)20)16(12)22/h6-9H,3-5H2,1-2H3,(H,19,21). The van der Waals surface area contributed by atoms with Crippen LogP contribution < -0.4 is 10.7 Å². The summed E-state index contributed by atoms with van der Waals surface area (Å²) in [4.78, 5) is 35.5. The Labute approximate surface area is 137 Å². The maximum absolute atomic E-state index is 14.4. The molecule has 7 heteroatoms. The minimum Gasteiger partial charge on any atom is -0.462 e. The van der Waals surface area contributed by atoms with Gasteiger partial charge in [0.1, 0.15) is 11.4 Å². The molecule has 126 valence electrons. The van der Waals surface area contributed by atoms with Crippen molar-refractivity contribution in [3.05, 3.63) is 39.4 Å². The highest BCUT2D eigenvalue weighted by Gasteiger charge is 2.26. The number of pyridine rings is 1. The molecule has 0 saturated heterocycles. The molecule has 0 aliphatic carbocycles. The Kier molecular flexibility index (Phi) is 4.09. The summed E-state index contributed by atoms with van der Waals surface area (Å²) in [7, 11) is 0. The number of carbonyl (C=O) groups excluding carboxylic acids is 2. The van der Waals surface area contributed by atoms with E-state index >= 15 is 0 Å². The molecule has 24 heavy (non-hydrogen) atoms. The van der Waals surface area contributed by atoms with Gasteiger partial charge in [0.05, 0.1) is 17.8 Å². The monoisotopic (exact) mass is 332 g/mol. The van der Waals surface area contributed by atoms with E-state index in [0.717, 1.165) is 6.07 Å². The van der Waals surface area contributed by atoms with Gasteiger partial charge in [-0.2, -0.15) is 0 Å². The second-order valence-corrected chi connectivity index (χ2v) is 5.76. The molecule has 1 unspecified atom stereocenters. The van der Waals surface area contributed by atoms with Crippen LogP contribution in [0, 0.1) is 5.82 Å². The second-order valence-electron chi connectivity index (χ2n) is 5.76. The van der Waals surface area contributed by atoms with Gasteiger partial charge >= 0.3 is 5.97 Å². The lowest BCUT2D eigenvalue weighted by Crippen LogP contribution is -2.25. The highest BCUT2D eigenvalue weighted by molar-refractivity contribution is 5.97. The fraction of sp³-hybridized carbons (Fsp3) is 0.353.